The van der Waals surface area contributed by atoms with Crippen molar-refractivity contribution in [2.75, 3.05) is 13.7 Å². The first-order valence-corrected chi connectivity index (χ1v) is 6.23. The van der Waals surface area contributed by atoms with Crippen LogP contribution in [0.25, 0.3) is 0 Å². The molecule has 0 aromatic carbocycles. The third kappa shape index (κ3) is 2.50. The fourth-order valence-electron chi connectivity index (χ4n) is 2.33. The number of hydrogen-bond acceptors (Lipinski definition) is 5. The van der Waals surface area contributed by atoms with E-state index >= 15 is 0 Å². The maximum atomic E-state index is 5.40. The Balaban J connectivity index is 2.14. The van der Waals surface area contributed by atoms with Gasteiger partial charge in [-0.2, -0.15) is 4.98 Å². The monoisotopic (exact) mass is 239 g/mol. The van der Waals surface area contributed by atoms with Crippen LogP contribution in [0.15, 0.2) is 4.52 Å². The smallest absolute Gasteiger partial charge is 0.244 e. The van der Waals surface area contributed by atoms with Crippen molar-refractivity contribution in [3.8, 4) is 0 Å². The molecule has 1 aromatic heterocycles. The maximum Gasteiger partial charge on any atom is 0.244 e. The number of nitrogens with zero attached hydrogens (tertiary/aromatic N) is 2. The molecule has 1 fully saturated rings. The van der Waals surface area contributed by atoms with Crippen molar-refractivity contribution in [2.45, 2.75) is 39.3 Å². The quantitative estimate of drug-likeness (QED) is 0.871. The summed E-state index contributed by atoms with van der Waals surface area (Å²) in [5, 5.41) is 7.42. The van der Waals surface area contributed by atoms with E-state index in [0.29, 0.717) is 23.6 Å². The van der Waals surface area contributed by atoms with E-state index < -0.39 is 0 Å². The van der Waals surface area contributed by atoms with Crippen molar-refractivity contribution < 1.29 is 9.26 Å². The zero-order valence-corrected chi connectivity index (χ0v) is 10.9. The van der Waals surface area contributed by atoms with Crippen LogP contribution in [0.2, 0.25) is 0 Å². The van der Waals surface area contributed by atoms with E-state index in [0.717, 1.165) is 13.0 Å². The van der Waals surface area contributed by atoms with Crippen LogP contribution in [-0.4, -0.2) is 23.8 Å². The first kappa shape index (κ1) is 12.5. The summed E-state index contributed by atoms with van der Waals surface area (Å²) in [5.74, 6) is 2.22. The summed E-state index contributed by atoms with van der Waals surface area (Å²) in [6.07, 6.45) is 1.06. The summed E-state index contributed by atoms with van der Waals surface area (Å²) in [6, 6.07) is 0.195. The van der Waals surface area contributed by atoms with Crippen LogP contribution in [0.4, 0.5) is 0 Å². The highest BCUT2D eigenvalue weighted by molar-refractivity contribution is 5.00. The van der Waals surface area contributed by atoms with E-state index in [2.05, 4.69) is 36.2 Å². The Morgan fingerprint density at radius 3 is 2.76 bits per heavy atom. The van der Waals surface area contributed by atoms with Crippen molar-refractivity contribution in [1.29, 1.82) is 0 Å². The summed E-state index contributed by atoms with van der Waals surface area (Å²) in [7, 11) is 1.68. The van der Waals surface area contributed by atoms with Crippen LogP contribution >= 0.6 is 0 Å². The summed E-state index contributed by atoms with van der Waals surface area (Å²) >= 11 is 0. The standard InChI is InChI=1S/C12H21N3O2/c1-7(2)10(16-4)11-14-12(17-15-11)9-8(3)5-6-13-9/h7-10,13H,5-6H2,1-4H3. The van der Waals surface area contributed by atoms with Gasteiger partial charge in [0.2, 0.25) is 11.7 Å². The molecule has 1 aliphatic heterocycles. The Bertz CT molecular complexity index is 348. The molecule has 0 bridgehead atoms. The lowest BCUT2D eigenvalue weighted by atomic mass is 10.0. The Kier molecular flexibility index (Phi) is 3.79. The Labute approximate surface area is 102 Å². The molecule has 3 unspecified atom stereocenters. The molecular weight excluding hydrogens is 218 g/mol. The maximum absolute atomic E-state index is 5.40. The Morgan fingerprint density at radius 2 is 2.24 bits per heavy atom. The second kappa shape index (κ2) is 5.14. The van der Waals surface area contributed by atoms with Crippen LogP contribution in [0, 0.1) is 11.8 Å². The summed E-state index contributed by atoms with van der Waals surface area (Å²) in [5.41, 5.74) is 0. The van der Waals surface area contributed by atoms with Gasteiger partial charge in [0.05, 0.1) is 6.04 Å². The molecule has 0 saturated carbocycles. The number of ether oxygens (including phenoxy) is 1. The van der Waals surface area contributed by atoms with Crippen LogP contribution in [0.5, 0.6) is 0 Å². The van der Waals surface area contributed by atoms with E-state index in [4.69, 9.17) is 9.26 Å². The third-order valence-corrected chi connectivity index (χ3v) is 3.37. The molecule has 3 atom stereocenters. The zero-order chi connectivity index (χ0) is 12.4. The largest absolute Gasteiger partial charge is 0.373 e. The van der Waals surface area contributed by atoms with E-state index in [9.17, 15) is 0 Å². The highest BCUT2D eigenvalue weighted by Gasteiger charge is 2.31. The zero-order valence-electron chi connectivity index (χ0n) is 10.9. The molecule has 1 aliphatic rings. The molecule has 2 rings (SSSR count). The molecule has 2 heterocycles. The van der Waals surface area contributed by atoms with Gasteiger partial charge in [-0.15, -0.1) is 0 Å². The molecule has 0 aliphatic carbocycles. The van der Waals surface area contributed by atoms with Gasteiger partial charge in [0, 0.05) is 7.11 Å². The molecule has 96 valence electrons. The van der Waals surface area contributed by atoms with Crippen LogP contribution in [0.3, 0.4) is 0 Å². The normalized spacial score (nSPS) is 26.6. The van der Waals surface area contributed by atoms with Crippen LogP contribution < -0.4 is 5.32 Å². The minimum atomic E-state index is -0.0933. The fourth-order valence-corrected chi connectivity index (χ4v) is 2.33. The predicted octanol–water partition coefficient (Wildman–Crippen LogP) is 2.08. The minimum absolute atomic E-state index is 0.0933. The number of aromatic nitrogens is 2. The van der Waals surface area contributed by atoms with E-state index in [1.807, 2.05) is 0 Å². The summed E-state index contributed by atoms with van der Waals surface area (Å²) in [6.45, 7) is 7.38. The average Bonchev–Trinajstić information content (AvgIpc) is 2.87. The van der Waals surface area contributed by atoms with Gasteiger partial charge in [-0.05, 0) is 24.8 Å². The van der Waals surface area contributed by atoms with Gasteiger partial charge in [0.1, 0.15) is 6.10 Å². The molecule has 1 N–H and O–H groups in total. The fraction of sp³-hybridized carbons (Fsp3) is 0.833. The lowest BCUT2D eigenvalue weighted by molar-refractivity contribution is 0.0555. The second-order valence-corrected chi connectivity index (χ2v) is 5.09. The summed E-state index contributed by atoms with van der Waals surface area (Å²) in [4.78, 5) is 4.47. The highest BCUT2D eigenvalue weighted by atomic mass is 16.5. The highest BCUT2D eigenvalue weighted by Crippen LogP contribution is 2.30. The number of hydrogen-bond donors (Lipinski definition) is 1. The Morgan fingerprint density at radius 1 is 1.47 bits per heavy atom. The number of rotatable bonds is 4. The van der Waals surface area contributed by atoms with Gasteiger partial charge < -0.3 is 14.6 Å². The van der Waals surface area contributed by atoms with Crippen molar-refractivity contribution in [3.05, 3.63) is 11.7 Å². The van der Waals surface area contributed by atoms with Crippen molar-refractivity contribution in [2.24, 2.45) is 11.8 Å². The molecule has 0 amide bonds. The lowest BCUT2D eigenvalue weighted by Crippen LogP contribution is -2.17. The minimum Gasteiger partial charge on any atom is -0.373 e. The van der Waals surface area contributed by atoms with E-state index in [1.54, 1.807) is 7.11 Å². The van der Waals surface area contributed by atoms with Gasteiger partial charge in [0.25, 0.3) is 0 Å². The average molecular weight is 239 g/mol. The summed E-state index contributed by atoms with van der Waals surface area (Å²) < 4.78 is 10.7. The molecule has 5 nitrogen and oxygen atoms in total. The van der Waals surface area contributed by atoms with Gasteiger partial charge in [-0.25, -0.2) is 0 Å². The van der Waals surface area contributed by atoms with Gasteiger partial charge in [0.15, 0.2) is 0 Å². The number of nitrogens with one attached hydrogen (secondary N) is 1. The number of methoxy groups -OCH3 is 1. The molecule has 0 radical (unpaired) electrons. The topological polar surface area (TPSA) is 60.2 Å². The molecule has 1 aromatic rings. The predicted molar refractivity (Wildman–Crippen MR) is 63.4 cm³/mol. The van der Waals surface area contributed by atoms with E-state index in [1.165, 1.54) is 0 Å². The lowest BCUT2D eigenvalue weighted by Gasteiger charge is -2.14. The van der Waals surface area contributed by atoms with Gasteiger partial charge >= 0.3 is 0 Å². The van der Waals surface area contributed by atoms with Gasteiger partial charge in [-0.1, -0.05) is 25.9 Å². The van der Waals surface area contributed by atoms with E-state index in [-0.39, 0.29) is 12.1 Å². The SMILES string of the molecule is COC(c1noc(C2NCCC2C)n1)C(C)C. The molecule has 1 saturated heterocycles. The Hall–Kier alpha value is -0.940. The molecule has 5 heteroatoms. The molecule has 0 spiro atoms. The van der Waals surface area contributed by atoms with Gasteiger partial charge in [-0.3, -0.25) is 0 Å². The van der Waals surface area contributed by atoms with Crippen LogP contribution in [0.1, 0.15) is 51.1 Å². The first-order chi connectivity index (χ1) is 8.13. The van der Waals surface area contributed by atoms with Crippen LogP contribution in [-0.2, 0) is 4.74 Å². The third-order valence-electron chi connectivity index (χ3n) is 3.37. The molecule has 17 heavy (non-hydrogen) atoms. The van der Waals surface area contributed by atoms with Crippen molar-refractivity contribution >= 4 is 0 Å². The second-order valence-electron chi connectivity index (χ2n) is 5.09. The van der Waals surface area contributed by atoms with Crippen molar-refractivity contribution in [3.63, 3.8) is 0 Å². The molecular formula is C12H21N3O2. The first-order valence-electron chi connectivity index (χ1n) is 6.23. The van der Waals surface area contributed by atoms with Crippen molar-refractivity contribution in [1.82, 2.24) is 15.5 Å².